The third-order valence-corrected chi connectivity index (χ3v) is 2.49. The molecule has 1 aromatic carbocycles. The summed E-state index contributed by atoms with van der Waals surface area (Å²) in [6.45, 7) is 3.37. The van der Waals surface area contributed by atoms with Crippen LogP contribution in [0.25, 0.3) is 0 Å². The van der Waals surface area contributed by atoms with Crippen molar-refractivity contribution in [2.75, 3.05) is 5.32 Å². The third kappa shape index (κ3) is 3.42. The summed E-state index contributed by atoms with van der Waals surface area (Å²) in [7, 11) is 0. The number of hydrogen-bond donors (Lipinski definition) is 1. The highest BCUT2D eigenvalue weighted by atomic mass is 35.5. The van der Waals surface area contributed by atoms with Crippen molar-refractivity contribution in [2.45, 2.75) is 25.6 Å². The number of carbonyl (C=O) groups is 1. The molecule has 0 aliphatic carbocycles. The molecule has 1 rings (SSSR count). The molecule has 1 aromatic rings. The Bertz CT molecular complexity index is 446. The number of nitrogens with one attached hydrogen (secondary N) is 1. The molecule has 0 radical (unpaired) electrons. The van der Waals surface area contributed by atoms with Crippen LogP contribution in [0.2, 0.25) is 0 Å². The van der Waals surface area contributed by atoms with E-state index in [0.717, 1.165) is 0 Å². The molecule has 0 saturated heterocycles. The van der Waals surface area contributed by atoms with Gasteiger partial charge in [0.1, 0.15) is 5.38 Å². The second-order valence-electron chi connectivity index (χ2n) is 3.56. The van der Waals surface area contributed by atoms with E-state index in [2.05, 4.69) is 5.32 Å². The Hall–Kier alpha value is -1.62. The van der Waals surface area contributed by atoms with E-state index >= 15 is 0 Å². The van der Waals surface area contributed by atoms with Crippen molar-refractivity contribution in [1.29, 1.82) is 0 Å². The first-order valence-electron chi connectivity index (χ1n) is 5.18. The number of halogens is 1. The van der Waals surface area contributed by atoms with Crippen LogP contribution < -0.4 is 5.32 Å². The Kier molecular flexibility index (Phi) is 4.45. The van der Waals surface area contributed by atoms with Crippen molar-refractivity contribution in [2.24, 2.45) is 0 Å². The number of aryl methyl sites for hydroxylation is 1. The minimum atomic E-state index is -0.681. The summed E-state index contributed by atoms with van der Waals surface area (Å²) < 4.78 is 0. The van der Waals surface area contributed by atoms with Gasteiger partial charge in [0.2, 0.25) is 5.91 Å². The molecule has 0 fully saturated rings. The number of hydrogen-bond acceptors (Lipinski definition) is 3. The van der Waals surface area contributed by atoms with Crippen molar-refractivity contribution in [3.63, 3.8) is 0 Å². The van der Waals surface area contributed by atoms with Gasteiger partial charge in [0.05, 0.1) is 4.92 Å². The summed E-state index contributed by atoms with van der Waals surface area (Å²) in [4.78, 5) is 21.7. The summed E-state index contributed by atoms with van der Waals surface area (Å²) in [5.41, 5.74) is 1.02. The van der Waals surface area contributed by atoms with Gasteiger partial charge < -0.3 is 5.32 Å². The molecular weight excluding hydrogens is 244 g/mol. The zero-order valence-electron chi connectivity index (χ0n) is 9.57. The maximum absolute atomic E-state index is 11.3. The van der Waals surface area contributed by atoms with Gasteiger partial charge in [-0.1, -0.05) is 13.0 Å². The summed E-state index contributed by atoms with van der Waals surface area (Å²) in [6, 6.07) is 4.60. The number of rotatable bonds is 4. The zero-order chi connectivity index (χ0) is 13.0. The lowest BCUT2D eigenvalue weighted by Gasteiger charge is -2.07. The predicted octanol–water partition coefficient (Wildman–Crippen LogP) is 2.72. The van der Waals surface area contributed by atoms with Crippen LogP contribution in [-0.2, 0) is 11.2 Å². The highest BCUT2D eigenvalue weighted by molar-refractivity contribution is 6.32. The van der Waals surface area contributed by atoms with Crippen LogP contribution in [0, 0.1) is 10.1 Å². The number of amides is 1. The normalized spacial score (nSPS) is 11.9. The Morgan fingerprint density at radius 1 is 1.59 bits per heavy atom. The molecule has 0 saturated carbocycles. The third-order valence-electron chi connectivity index (χ3n) is 2.29. The van der Waals surface area contributed by atoms with Gasteiger partial charge in [0.25, 0.3) is 5.69 Å². The lowest BCUT2D eigenvalue weighted by molar-refractivity contribution is -0.385. The van der Waals surface area contributed by atoms with Crippen molar-refractivity contribution >= 4 is 28.9 Å². The van der Waals surface area contributed by atoms with E-state index in [1.165, 1.54) is 13.0 Å². The van der Waals surface area contributed by atoms with Crippen LogP contribution in [0.3, 0.4) is 0 Å². The molecule has 1 unspecified atom stereocenters. The zero-order valence-corrected chi connectivity index (χ0v) is 10.3. The van der Waals surface area contributed by atoms with Crippen LogP contribution in [-0.4, -0.2) is 16.2 Å². The Morgan fingerprint density at radius 3 is 2.71 bits per heavy atom. The standard InChI is InChI=1S/C11H13ClN2O3/c1-3-8-4-5-9(6-10(8)14(16)17)13-11(15)7(2)12/h4-7H,3H2,1-2H3,(H,13,15). The van der Waals surface area contributed by atoms with E-state index in [-0.39, 0.29) is 11.6 Å². The summed E-state index contributed by atoms with van der Waals surface area (Å²) in [6.07, 6.45) is 0.566. The van der Waals surface area contributed by atoms with Gasteiger partial charge in [0, 0.05) is 17.3 Å². The Labute approximate surface area is 104 Å². The van der Waals surface area contributed by atoms with E-state index in [0.29, 0.717) is 17.7 Å². The van der Waals surface area contributed by atoms with Crippen LogP contribution in [0.4, 0.5) is 11.4 Å². The molecule has 0 aliphatic rings. The molecule has 0 aromatic heterocycles. The average molecular weight is 257 g/mol. The molecule has 6 heteroatoms. The van der Waals surface area contributed by atoms with Gasteiger partial charge in [-0.05, 0) is 19.4 Å². The number of carbonyl (C=O) groups excluding carboxylic acids is 1. The maximum atomic E-state index is 11.3. The molecule has 5 nitrogen and oxygen atoms in total. The van der Waals surface area contributed by atoms with Crippen molar-refractivity contribution < 1.29 is 9.72 Å². The molecule has 1 amide bonds. The first kappa shape index (κ1) is 13.4. The van der Waals surface area contributed by atoms with Crippen molar-refractivity contribution in [1.82, 2.24) is 0 Å². The molecule has 0 spiro atoms. The number of nitrogens with zero attached hydrogens (tertiary/aromatic N) is 1. The Balaban J connectivity index is 3.00. The number of alkyl halides is 1. The number of nitro benzene ring substituents is 1. The van der Waals surface area contributed by atoms with Crippen LogP contribution in [0.5, 0.6) is 0 Å². The molecule has 1 atom stereocenters. The van der Waals surface area contributed by atoms with Crippen molar-refractivity contribution in [3.05, 3.63) is 33.9 Å². The first-order chi connectivity index (χ1) is 7.95. The second kappa shape index (κ2) is 5.63. The van der Waals surface area contributed by atoms with Crippen LogP contribution in [0.1, 0.15) is 19.4 Å². The van der Waals surface area contributed by atoms with Gasteiger partial charge in [0.15, 0.2) is 0 Å². The number of nitro groups is 1. The van der Waals surface area contributed by atoms with Gasteiger partial charge >= 0.3 is 0 Å². The van der Waals surface area contributed by atoms with E-state index in [9.17, 15) is 14.9 Å². The van der Waals surface area contributed by atoms with Crippen LogP contribution >= 0.6 is 11.6 Å². The molecule has 92 valence electrons. The van der Waals surface area contributed by atoms with Gasteiger partial charge in [-0.2, -0.15) is 0 Å². The average Bonchev–Trinajstić information content (AvgIpc) is 2.28. The summed E-state index contributed by atoms with van der Waals surface area (Å²) in [5, 5.41) is 12.7. The van der Waals surface area contributed by atoms with Gasteiger partial charge in [-0.3, -0.25) is 14.9 Å². The minimum Gasteiger partial charge on any atom is -0.325 e. The van der Waals surface area contributed by atoms with E-state index in [4.69, 9.17) is 11.6 Å². The summed E-state index contributed by atoms with van der Waals surface area (Å²) in [5.74, 6) is -0.384. The highest BCUT2D eigenvalue weighted by Crippen LogP contribution is 2.23. The highest BCUT2D eigenvalue weighted by Gasteiger charge is 2.15. The SMILES string of the molecule is CCc1ccc(NC(=O)C(C)Cl)cc1[N+](=O)[O-]. The lowest BCUT2D eigenvalue weighted by atomic mass is 10.1. The maximum Gasteiger partial charge on any atom is 0.274 e. The number of anilines is 1. The predicted molar refractivity (Wildman–Crippen MR) is 66.4 cm³/mol. The molecule has 0 aliphatic heterocycles. The fraction of sp³-hybridized carbons (Fsp3) is 0.364. The second-order valence-corrected chi connectivity index (χ2v) is 4.21. The fourth-order valence-corrected chi connectivity index (χ4v) is 1.41. The van der Waals surface area contributed by atoms with Gasteiger partial charge in [-0.25, -0.2) is 0 Å². The Morgan fingerprint density at radius 2 is 2.24 bits per heavy atom. The summed E-state index contributed by atoms with van der Waals surface area (Å²) >= 11 is 5.59. The van der Waals surface area contributed by atoms with E-state index in [1.807, 2.05) is 6.92 Å². The van der Waals surface area contributed by atoms with Crippen molar-refractivity contribution in [3.8, 4) is 0 Å². The molecule has 0 heterocycles. The van der Waals surface area contributed by atoms with Crippen LogP contribution in [0.15, 0.2) is 18.2 Å². The topological polar surface area (TPSA) is 72.2 Å². The molecule has 17 heavy (non-hydrogen) atoms. The number of benzene rings is 1. The van der Waals surface area contributed by atoms with Gasteiger partial charge in [-0.15, -0.1) is 11.6 Å². The molecular formula is C11H13ClN2O3. The monoisotopic (exact) mass is 256 g/mol. The lowest BCUT2D eigenvalue weighted by Crippen LogP contribution is -2.20. The first-order valence-corrected chi connectivity index (χ1v) is 5.61. The molecule has 0 bridgehead atoms. The fourth-order valence-electron chi connectivity index (χ4n) is 1.35. The molecule has 1 N–H and O–H groups in total. The smallest absolute Gasteiger partial charge is 0.274 e. The minimum absolute atomic E-state index is 0.00697. The van der Waals surface area contributed by atoms with E-state index < -0.39 is 10.3 Å². The largest absolute Gasteiger partial charge is 0.325 e. The quantitative estimate of drug-likeness (QED) is 0.511. The van der Waals surface area contributed by atoms with E-state index in [1.54, 1.807) is 12.1 Å².